The molecule has 23 heavy (non-hydrogen) atoms. The number of hydrogen-bond acceptors (Lipinski definition) is 4. The van der Waals surface area contributed by atoms with E-state index in [9.17, 15) is 9.18 Å². The monoisotopic (exact) mass is 334 g/mol. The maximum atomic E-state index is 13.9. The van der Waals surface area contributed by atoms with Gasteiger partial charge in [-0.2, -0.15) is 0 Å². The number of anilines is 2. The van der Waals surface area contributed by atoms with E-state index in [4.69, 9.17) is 4.74 Å². The second-order valence-electron chi connectivity index (χ2n) is 4.67. The van der Waals surface area contributed by atoms with Crippen molar-refractivity contribution < 1.29 is 26.3 Å². The van der Waals surface area contributed by atoms with Crippen molar-refractivity contribution in [2.75, 3.05) is 23.9 Å². The molecule has 1 heterocycles. The Morgan fingerprint density at radius 2 is 1.87 bits per heavy atom. The number of carbonyl (C=O) groups is 1. The predicted molar refractivity (Wildman–Crippen MR) is 82.8 cm³/mol. The molecule has 0 fully saturated rings. The zero-order valence-corrected chi connectivity index (χ0v) is 13.0. The quantitative estimate of drug-likeness (QED) is 0.835. The Morgan fingerprint density at radius 1 is 1.17 bits per heavy atom. The third kappa shape index (κ3) is 3.43. The van der Waals surface area contributed by atoms with E-state index in [0.29, 0.717) is 5.96 Å². The molecule has 0 bridgehead atoms. The molecule has 0 aromatic heterocycles. The van der Waals surface area contributed by atoms with Gasteiger partial charge in [0.25, 0.3) is 5.91 Å². The second kappa shape index (κ2) is 7.11. The summed E-state index contributed by atoms with van der Waals surface area (Å²) in [6, 6.07) is 13.3. The molecule has 0 spiro atoms. The second-order valence-corrected chi connectivity index (χ2v) is 4.67. The lowest BCUT2D eigenvalue weighted by Crippen LogP contribution is -3.00. The molecular formula is C16H14ClFN3O2-. The number of methoxy groups -OCH3 is 1. The standard InChI is InChI=1S/C16H14FN3O2.ClH/c1-22-12-8-6-11(7-9-12)19-16-18-10-15(21)20(16)14-5-3-2-4-13(14)17;/h2-9H,10H2,1H3,(H,18,19);1H/p-1. The van der Waals surface area contributed by atoms with Crippen molar-refractivity contribution in [1.29, 1.82) is 0 Å². The number of para-hydroxylation sites is 1. The molecule has 2 aromatic carbocycles. The van der Waals surface area contributed by atoms with Gasteiger partial charge < -0.3 is 22.5 Å². The van der Waals surface area contributed by atoms with Crippen molar-refractivity contribution >= 4 is 23.2 Å². The van der Waals surface area contributed by atoms with Crippen molar-refractivity contribution in [1.82, 2.24) is 0 Å². The molecule has 1 aliphatic rings. The van der Waals surface area contributed by atoms with Crippen LogP contribution in [0.25, 0.3) is 0 Å². The van der Waals surface area contributed by atoms with Gasteiger partial charge in [-0.05, 0) is 36.4 Å². The molecule has 2 aromatic rings. The molecular weight excluding hydrogens is 321 g/mol. The van der Waals surface area contributed by atoms with Gasteiger partial charge in [-0.3, -0.25) is 4.79 Å². The molecule has 0 aliphatic carbocycles. The van der Waals surface area contributed by atoms with Gasteiger partial charge >= 0.3 is 0 Å². The van der Waals surface area contributed by atoms with Crippen LogP contribution < -0.4 is 27.4 Å². The first kappa shape index (κ1) is 16.8. The van der Waals surface area contributed by atoms with Crippen molar-refractivity contribution in [3.63, 3.8) is 0 Å². The summed E-state index contributed by atoms with van der Waals surface area (Å²) >= 11 is 0. The summed E-state index contributed by atoms with van der Waals surface area (Å²) in [5.74, 6) is 0.282. The molecule has 1 N–H and O–H groups in total. The fraction of sp³-hybridized carbons (Fsp3) is 0.125. The minimum Gasteiger partial charge on any atom is -1.00 e. The Labute approximate surface area is 139 Å². The van der Waals surface area contributed by atoms with Crippen molar-refractivity contribution in [2.45, 2.75) is 0 Å². The molecule has 3 rings (SSSR count). The fourth-order valence-corrected chi connectivity index (χ4v) is 2.18. The first-order valence-electron chi connectivity index (χ1n) is 6.72. The number of aliphatic imine (C=N–C) groups is 1. The van der Waals surface area contributed by atoms with Gasteiger partial charge in [-0.15, -0.1) is 0 Å². The first-order chi connectivity index (χ1) is 10.7. The van der Waals surface area contributed by atoms with Crippen molar-refractivity contribution in [3.05, 3.63) is 54.3 Å². The van der Waals surface area contributed by atoms with E-state index in [1.807, 2.05) is 0 Å². The maximum Gasteiger partial charge on any atom is 0.255 e. The lowest BCUT2D eigenvalue weighted by atomic mass is 10.2. The minimum atomic E-state index is -0.470. The van der Waals surface area contributed by atoms with E-state index in [1.165, 1.54) is 11.0 Å². The number of halogens is 2. The third-order valence-corrected chi connectivity index (χ3v) is 3.26. The number of hydrogen-bond donors (Lipinski definition) is 1. The van der Waals surface area contributed by atoms with Crippen LogP contribution in [0.15, 0.2) is 53.5 Å². The van der Waals surface area contributed by atoms with E-state index in [1.54, 1.807) is 49.6 Å². The summed E-state index contributed by atoms with van der Waals surface area (Å²) in [6.45, 7) is -0.00712. The van der Waals surface area contributed by atoms with Crippen LogP contribution in [-0.2, 0) is 4.79 Å². The largest absolute Gasteiger partial charge is 1.00 e. The summed E-state index contributed by atoms with van der Waals surface area (Å²) in [5, 5.41) is 3.03. The van der Waals surface area contributed by atoms with Crippen LogP contribution in [0.4, 0.5) is 15.8 Å². The van der Waals surface area contributed by atoms with Crippen LogP contribution in [0.2, 0.25) is 0 Å². The van der Waals surface area contributed by atoms with E-state index in [2.05, 4.69) is 10.3 Å². The van der Waals surface area contributed by atoms with Gasteiger partial charge in [0.05, 0.1) is 12.8 Å². The van der Waals surface area contributed by atoms with Gasteiger partial charge in [0.1, 0.15) is 18.1 Å². The summed E-state index contributed by atoms with van der Waals surface area (Å²) < 4.78 is 19.0. The summed E-state index contributed by atoms with van der Waals surface area (Å²) in [5.41, 5.74) is 0.917. The Morgan fingerprint density at radius 3 is 2.52 bits per heavy atom. The number of rotatable bonds is 3. The Hall–Kier alpha value is -2.60. The number of guanidine groups is 1. The normalized spacial score (nSPS) is 13.4. The highest BCUT2D eigenvalue weighted by Crippen LogP contribution is 2.23. The zero-order chi connectivity index (χ0) is 15.5. The average Bonchev–Trinajstić information content (AvgIpc) is 2.89. The van der Waals surface area contributed by atoms with Gasteiger partial charge in [-0.25, -0.2) is 14.3 Å². The highest BCUT2D eigenvalue weighted by Gasteiger charge is 2.29. The lowest BCUT2D eigenvalue weighted by molar-refractivity contribution is -0.115. The summed E-state index contributed by atoms with van der Waals surface area (Å²) in [6.07, 6.45) is 0. The van der Waals surface area contributed by atoms with E-state index < -0.39 is 5.82 Å². The van der Waals surface area contributed by atoms with Crippen LogP contribution in [0.1, 0.15) is 0 Å². The summed E-state index contributed by atoms with van der Waals surface area (Å²) in [4.78, 5) is 17.4. The number of nitrogens with one attached hydrogen (secondary N) is 1. The van der Waals surface area contributed by atoms with Crippen molar-refractivity contribution in [2.24, 2.45) is 4.99 Å². The van der Waals surface area contributed by atoms with Gasteiger partial charge in [-0.1, -0.05) is 12.1 Å². The van der Waals surface area contributed by atoms with Crippen LogP contribution in [-0.4, -0.2) is 25.5 Å². The lowest BCUT2D eigenvalue weighted by Gasteiger charge is -2.20. The van der Waals surface area contributed by atoms with Crippen LogP contribution in [0.3, 0.4) is 0 Å². The highest BCUT2D eigenvalue weighted by atomic mass is 35.5. The van der Waals surface area contributed by atoms with Crippen molar-refractivity contribution in [3.8, 4) is 5.75 Å². The molecule has 5 nitrogen and oxygen atoms in total. The maximum absolute atomic E-state index is 13.9. The number of carbonyl (C=O) groups excluding carboxylic acids is 1. The van der Waals surface area contributed by atoms with Crippen LogP contribution >= 0.6 is 0 Å². The summed E-state index contributed by atoms with van der Waals surface area (Å²) in [7, 11) is 1.59. The number of ether oxygens (including phenoxy) is 1. The highest BCUT2D eigenvalue weighted by molar-refractivity contribution is 6.24. The topological polar surface area (TPSA) is 53.9 Å². The molecule has 1 aliphatic heterocycles. The third-order valence-electron chi connectivity index (χ3n) is 3.26. The van der Waals surface area contributed by atoms with Crippen LogP contribution in [0, 0.1) is 5.82 Å². The number of nitrogens with zero attached hydrogens (tertiary/aromatic N) is 2. The number of benzene rings is 2. The molecule has 0 saturated heterocycles. The molecule has 120 valence electrons. The molecule has 0 saturated carbocycles. The molecule has 0 unspecified atom stereocenters. The van der Waals surface area contributed by atoms with Crippen LogP contribution in [0.5, 0.6) is 5.75 Å². The van der Waals surface area contributed by atoms with E-state index >= 15 is 0 Å². The molecule has 0 atom stereocenters. The number of amides is 1. The molecule has 7 heteroatoms. The van der Waals surface area contributed by atoms with Gasteiger partial charge in [0.2, 0.25) is 5.96 Å². The van der Waals surface area contributed by atoms with E-state index in [-0.39, 0.29) is 30.5 Å². The predicted octanol–water partition coefficient (Wildman–Crippen LogP) is -0.347. The minimum absolute atomic E-state index is 0. The molecule has 1 amide bonds. The van der Waals surface area contributed by atoms with Gasteiger partial charge in [0.15, 0.2) is 0 Å². The fourth-order valence-electron chi connectivity index (χ4n) is 2.18. The molecule has 0 radical (unpaired) electrons. The average molecular weight is 335 g/mol. The Bertz CT molecular complexity index is 734. The smallest absolute Gasteiger partial charge is 0.255 e. The SMILES string of the molecule is COc1ccc(NC2=NCC(=O)N2c2ccccc2F)cc1.[Cl-]. The Balaban J connectivity index is 0.00000192. The van der Waals surface area contributed by atoms with Gasteiger partial charge in [0, 0.05) is 5.69 Å². The first-order valence-corrected chi connectivity index (χ1v) is 6.72. The van der Waals surface area contributed by atoms with E-state index in [0.717, 1.165) is 11.4 Å². The zero-order valence-electron chi connectivity index (χ0n) is 12.3. The Kier molecular flexibility index (Phi) is 5.18.